The first-order chi connectivity index (χ1) is 7.95. The summed E-state index contributed by atoms with van der Waals surface area (Å²) >= 11 is 1.80. The summed E-state index contributed by atoms with van der Waals surface area (Å²) in [5.41, 5.74) is 0. The van der Waals surface area contributed by atoms with Crippen LogP contribution < -0.4 is 5.32 Å². The highest BCUT2D eigenvalue weighted by molar-refractivity contribution is 7.99. The van der Waals surface area contributed by atoms with Gasteiger partial charge in [-0.15, -0.1) is 0 Å². The average Bonchev–Trinajstić information content (AvgIpc) is 2.65. The molecule has 1 aliphatic rings. The summed E-state index contributed by atoms with van der Waals surface area (Å²) in [4.78, 5) is 19.9. The largest absolute Gasteiger partial charge is 0.468 e. The van der Waals surface area contributed by atoms with Crippen molar-refractivity contribution < 1.29 is 19.1 Å². The normalized spacial score (nSPS) is 18.6. The molecule has 6 heteroatoms. The predicted octanol–water partition coefficient (Wildman–Crippen LogP) is 1.81. The minimum absolute atomic E-state index is 0.0555. The first-order valence-corrected chi connectivity index (χ1v) is 6.72. The Kier molecular flexibility index (Phi) is 7.78. The van der Waals surface area contributed by atoms with Crippen molar-refractivity contribution in [3.8, 4) is 0 Å². The molecule has 0 aliphatic carbocycles. The van der Waals surface area contributed by atoms with Crippen LogP contribution in [0, 0.1) is 0 Å². The molecule has 1 saturated heterocycles. The molecule has 1 unspecified atom stereocenters. The molecule has 0 aromatic heterocycles. The van der Waals surface area contributed by atoms with Gasteiger partial charge in [0, 0.05) is 11.2 Å². The van der Waals surface area contributed by atoms with Gasteiger partial charge < -0.3 is 14.8 Å². The number of ether oxygens (including phenoxy) is 2. The lowest BCUT2D eigenvalue weighted by Crippen LogP contribution is -2.25. The molecule has 0 aromatic rings. The summed E-state index contributed by atoms with van der Waals surface area (Å²) in [6.45, 7) is 7.63. The average molecular weight is 263 g/mol. The molecule has 1 fully saturated rings. The third-order valence-electron chi connectivity index (χ3n) is 2.25. The van der Waals surface area contributed by atoms with Crippen LogP contribution >= 0.6 is 11.8 Å². The van der Waals surface area contributed by atoms with Crippen LogP contribution in [0.1, 0.15) is 27.2 Å². The maximum Gasteiger partial charge on any atom is 0.407 e. The van der Waals surface area contributed by atoms with Gasteiger partial charge in [0.25, 0.3) is 6.47 Å². The quantitative estimate of drug-likeness (QED) is 0.766. The van der Waals surface area contributed by atoms with E-state index >= 15 is 0 Å². The van der Waals surface area contributed by atoms with Gasteiger partial charge in [0.1, 0.15) is 6.10 Å². The van der Waals surface area contributed by atoms with E-state index in [1.807, 2.05) is 0 Å². The smallest absolute Gasteiger partial charge is 0.407 e. The Labute approximate surface area is 107 Å². The van der Waals surface area contributed by atoms with E-state index in [4.69, 9.17) is 4.74 Å². The van der Waals surface area contributed by atoms with Crippen molar-refractivity contribution in [3.05, 3.63) is 0 Å². The summed E-state index contributed by atoms with van der Waals surface area (Å²) in [7, 11) is 0. The van der Waals surface area contributed by atoms with Gasteiger partial charge in [0.15, 0.2) is 0 Å². The van der Waals surface area contributed by atoms with Crippen LogP contribution in [0.4, 0.5) is 4.79 Å². The first kappa shape index (κ1) is 16.1. The molecule has 1 aliphatic heterocycles. The van der Waals surface area contributed by atoms with Gasteiger partial charge in [-0.2, -0.15) is 11.8 Å². The van der Waals surface area contributed by atoms with Crippen LogP contribution in [0.3, 0.4) is 0 Å². The second-order valence-electron chi connectivity index (χ2n) is 4.13. The second-order valence-corrected chi connectivity index (χ2v) is 5.64. The molecule has 1 amide bonds. The number of carbonyl (C=O) groups excluding carboxylic acids is 2. The fourth-order valence-electron chi connectivity index (χ4n) is 1.25. The van der Waals surface area contributed by atoms with Crippen LogP contribution in [0.15, 0.2) is 0 Å². The van der Waals surface area contributed by atoms with Gasteiger partial charge in [0.2, 0.25) is 0 Å². The molecule has 0 saturated carbocycles. The Hall–Kier alpha value is -0.910. The van der Waals surface area contributed by atoms with Gasteiger partial charge in [-0.1, -0.05) is 13.8 Å². The van der Waals surface area contributed by atoms with E-state index in [1.165, 1.54) is 0 Å². The summed E-state index contributed by atoms with van der Waals surface area (Å²) < 4.78 is 9.38. The van der Waals surface area contributed by atoms with Crippen LogP contribution in [0.5, 0.6) is 0 Å². The number of alkyl carbamates (subject to hydrolysis) is 1. The Bertz CT molecular complexity index is 246. The molecule has 0 bridgehead atoms. The maximum absolute atomic E-state index is 10.7. The molecule has 0 radical (unpaired) electrons. The fraction of sp³-hybridized carbons (Fsp3) is 0.818. The molecule has 5 nitrogen and oxygen atoms in total. The summed E-state index contributed by atoms with van der Waals surface area (Å²) in [6, 6.07) is 0. The molecule has 0 spiro atoms. The second kappa shape index (κ2) is 8.22. The number of thioether (sulfide) groups is 1. The Morgan fingerprint density at radius 1 is 1.65 bits per heavy atom. The Morgan fingerprint density at radius 3 is 2.59 bits per heavy atom. The van der Waals surface area contributed by atoms with E-state index in [2.05, 4.69) is 30.2 Å². The number of hydrogen-bond acceptors (Lipinski definition) is 5. The van der Waals surface area contributed by atoms with Crippen molar-refractivity contribution in [2.45, 2.75) is 38.0 Å². The van der Waals surface area contributed by atoms with E-state index in [0.29, 0.717) is 19.6 Å². The van der Waals surface area contributed by atoms with E-state index < -0.39 is 0 Å². The number of cyclic esters (lactones) is 1. The lowest BCUT2D eigenvalue weighted by atomic mass is 10.1. The van der Waals surface area contributed by atoms with Crippen LogP contribution in [0.25, 0.3) is 0 Å². The number of nitrogens with one attached hydrogen (secondary N) is 1. The van der Waals surface area contributed by atoms with Crippen molar-refractivity contribution in [3.63, 3.8) is 0 Å². The monoisotopic (exact) mass is 263 g/mol. The lowest BCUT2D eigenvalue weighted by Gasteiger charge is -2.24. The summed E-state index contributed by atoms with van der Waals surface area (Å²) in [5.74, 6) is 0. The third-order valence-corrected chi connectivity index (χ3v) is 3.53. The fourth-order valence-corrected chi connectivity index (χ4v) is 1.60. The van der Waals surface area contributed by atoms with Gasteiger partial charge in [-0.3, -0.25) is 4.79 Å². The third kappa shape index (κ3) is 7.90. The molecule has 1 N–H and O–H groups in total. The van der Waals surface area contributed by atoms with Crippen LogP contribution in [-0.2, 0) is 14.3 Å². The minimum Gasteiger partial charge on any atom is -0.468 e. The summed E-state index contributed by atoms with van der Waals surface area (Å²) in [5, 5.41) is 2.65. The first-order valence-electron chi connectivity index (χ1n) is 5.50. The van der Waals surface area contributed by atoms with Crippen LogP contribution in [0.2, 0.25) is 0 Å². The minimum atomic E-state index is -0.281. The van der Waals surface area contributed by atoms with Gasteiger partial charge in [-0.05, 0) is 13.2 Å². The molecule has 17 heavy (non-hydrogen) atoms. The maximum atomic E-state index is 10.7. The molecule has 100 valence electrons. The zero-order valence-electron chi connectivity index (χ0n) is 10.8. The van der Waals surface area contributed by atoms with Crippen LogP contribution in [-0.4, -0.2) is 42.8 Å². The molecule has 0 aromatic carbocycles. The van der Waals surface area contributed by atoms with Gasteiger partial charge in [-0.25, -0.2) is 4.79 Å². The van der Waals surface area contributed by atoms with Gasteiger partial charge in [0.05, 0.1) is 13.2 Å². The SMILES string of the molecule is CCOC=O.CSC(C)(C)CC1CNC(=O)O1. The standard InChI is InChI=1S/C8H15NO2S.C3H6O2/c1-8(2,12-3)4-6-5-9-7(10)11-6;1-2-5-3-4/h6H,4-5H2,1-3H3,(H,9,10);3H,2H2,1H3. The van der Waals surface area contributed by atoms with Gasteiger partial charge >= 0.3 is 6.09 Å². The van der Waals surface area contributed by atoms with E-state index in [9.17, 15) is 9.59 Å². The van der Waals surface area contributed by atoms with E-state index in [0.717, 1.165) is 6.42 Å². The highest BCUT2D eigenvalue weighted by Crippen LogP contribution is 2.28. The van der Waals surface area contributed by atoms with Crippen molar-refractivity contribution >= 4 is 24.3 Å². The number of amides is 1. The lowest BCUT2D eigenvalue weighted by molar-refractivity contribution is -0.128. The molecule has 1 rings (SSSR count). The Balaban J connectivity index is 0.000000437. The zero-order valence-corrected chi connectivity index (χ0v) is 11.6. The molecular formula is C11H21NO4S. The highest BCUT2D eigenvalue weighted by atomic mass is 32.2. The number of carbonyl (C=O) groups is 2. The van der Waals surface area contributed by atoms with Crippen molar-refractivity contribution in [1.29, 1.82) is 0 Å². The van der Waals surface area contributed by atoms with Crippen molar-refractivity contribution in [1.82, 2.24) is 5.32 Å². The zero-order chi connectivity index (χ0) is 13.3. The predicted molar refractivity (Wildman–Crippen MR) is 68.2 cm³/mol. The molecular weight excluding hydrogens is 242 g/mol. The van der Waals surface area contributed by atoms with E-state index in [1.54, 1.807) is 18.7 Å². The van der Waals surface area contributed by atoms with E-state index in [-0.39, 0.29) is 16.9 Å². The van der Waals surface area contributed by atoms with Crippen molar-refractivity contribution in [2.75, 3.05) is 19.4 Å². The Morgan fingerprint density at radius 2 is 2.29 bits per heavy atom. The number of rotatable bonds is 5. The topological polar surface area (TPSA) is 64.6 Å². The molecule has 1 heterocycles. The molecule has 1 atom stereocenters. The summed E-state index contributed by atoms with van der Waals surface area (Å²) in [6.07, 6.45) is 2.76. The number of hydrogen-bond donors (Lipinski definition) is 1. The highest BCUT2D eigenvalue weighted by Gasteiger charge is 2.29. The van der Waals surface area contributed by atoms with Crippen molar-refractivity contribution in [2.24, 2.45) is 0 Å².